The summed E-state index contributed by atoms with van der Waals surface area (Å²) in [5, 5.41) is 9.89. The summed E-state index contributed by atoms with van der Waals surface area (Å²) < 4.78 is 5.29. The number of carbonyl (C=O) groups excluding carboxylic acids is 1. The Kier molecular flexibility index (Phi) is 5.66. The number of hydrogen-bond acceptors (Lipinski definition) is 3. The quantitative estimate of drug-likeness (QED) is 0.541. The minimum atomic E-state index is -0.145. The number of nitrogens with one attached hydrogen (secondary N) is 2. The van der Waals surface area contributed by atoms with E-state index in [-0.39, 0.29) is 18.5 Å². The fourth-order valence-corrected chi connectivity index (χ4v) is 1.54. The third kappa shape index (κ3) is 4.87. The third-order valence-electron chi connectivity index (χ3n) is 2.53. The van der Waals surface area contributed by atoms with Crippen LogP contribution in [0.5, 0.6) is 5.75 Å². The molecule has 2 amide bonds. The number of amides is 2. The molecule has 6 nitrogen and oxygen atoms in total. The molecule has 0 aromatic heterocycles. The van der Waals surface area contributed by atoms with Crippen LogP contribution in [0.1, 0.15) is 13.8 Å². The number of urea groups is 1. The maximum absolute atomic E-state index is 11.9. The second-order valence-electron chi connectivity index (χ2n) is 3.94. The smallest absolute Gasteiger partial charge is 0.321 e. The van der Waals surface area contributed by atoms with Gasteiger partial charge in [0.1, 0.15) is 18.2 Å². The van der Waals surface area contributed by atoms with E-state index in [0.29, 0.717) is 24.5 Å². The molecule has 0 saturated heterocycles. The van der Waals surface area contributed by atoms with Crippen LogP contribution in [0, 0.1) is 5.41 Å². The summed E-state index contributed by atoms with van der Waals surface area (Å²) in [7, 11) is 0. The molecule has 1 aromatic carbocycles. The van der Waals surface area contributed by atoms with Gasteiger partial charge in [-0.3, -0.25) is 5.41 Å². The monoisotopic (exact) mass is 264 g/mol. The number of nitrogens with zero attached hydrogens (tertiary/aromatic N) is 1. The average Bonchev–Trinajstić information content (AvgIpc) is 2.38. The molecule has 0 bridgehead atoms. The first kappa shape index (κ1) is 14.8. The van der Waals surface area contributed by atoms with Crippen LogP contribution in [0.25, 0.3) is 0 Å². The van der Waals surface area contributed by atoms with Gasteiger partial charge in [0, 0.05) is 24.8 Å². The standard InChI is InChI=1S/C13H20N4O2/c1-3-17(4-2)13(18)16-10-6-5-7-11(8-10)19-9-12(14)15/h5-8H,3-4,9H2,1-2H3,(H3,14,15)(H,16,18). The summed E-state index contributed by atoms with van der Waals surface area (Å²) in [5.74, 6) is 0.519. The molecule has 1 aromatic rings. The van der Waals surface area contributed by atoms with Crippen molar-refractivity contribution in [2.45, 2.75) is 13.8 Å². The molecule has 0 fully saturated rings. The van der Waals surface area contributed by atoms with Crippen LogP contribution in [-0.4, -0.2) is 36.5 Å². The van der Waals surface area contributed by atoms with Gasteiger partial charge in [-0.2, -0.15) is 0 Å². The highest BCUT2D eigenvalue weighted by Gasteiger charge is 2.09. The Hall–Kier alpha value is -2.24. The van der Waals surface area contributed by atoms with Crippen molar-refractivity contribution in [1.29, 1.82) is 5.41 Å². The van der Waals surface area contributed by atoms with Crippen LogP contribution in [0.2, 0.25) is 0 Å². The van der Waals surface area contributed by atoms with Crippen molar-refractivity contribution in [3.63, 3.8) is 0 Å². The molecule has 0 unspecified atom stereocenters. The summed E-state index contributed by atoms with van der Waals surface area (Å²) in [4.78, 5) is 13.6. The molecule has 0 aliphatic heterocycles. The lowest BCUT2D eigenvalue weighted by Gasteiger charge is -2.19. The first-order valence-electron chi connectivity index (χ1n) is 6.18. The number of amidine groups is 1. The Morgan fingerprint density at radius 3 is 2.68 bits per heavy atom. The Labute approximate surface area is 113 Å². The number of benzene rings is 1. The maximum atomic E-state index is 11.9. The normalized spacial score (nSPS) is 9.79. The molecule has 0 radical (unpaired) electrons. The number of nitrogens with two attached hydrogens (primary N) is 1. The van der Waals surface area contributed by atoms with Gasteiger partial charge in [0.05, 0.1) is 0 Å². The summed E-state index contributed by atoms with van der Waals surface area (Å²) in [6.45, 7) is 5.20. The molecule has 0 heterocycles. The van der Waals surface area contributed by atoms with E-state index in [2.05, 4.69) is 5.32 Å². The lowest BCUT2D eigenvalue weighted by molar-refractivity contribution is 0.217. The molecule has 0 saturated carbocycles. The van der Waals surface area contributed by atoms with Crippen molar-refractivity contribution in [3.8, 4) is 5.75 Å². The largest absolute Gasteiger partial charge is 0.486 e. The summed E-state index contributed by atoms with van der Waals surface area (Å²) in [6.07, 6.45) is 0. The Morgan fingerprint density at radius 1 is 1.42 bits per heavy atom. The van der Waals surface area contributed by atoms with E-state index in [1.165, 1.54) is 0 Å². The number of carbonyl (C=O) groups is 1. The lowest BCUT2D eigenvalue weighted by atomic mass is 10.3. The van der Waals surface area contributed by atoms with E-state index in [1.54, 1.807) is 29.2 Å². The molecule has 0 atom stereocenters. The highest BCUT2D eigenvalue weighted by Crippen LogP contribution is 2.17. The molecule has 0 spiro atoms. The van der Waals surface area contributed by atoms with Crippen molar-refractivity contribution < 1.29 is 9.53 Å². The van der Waals surface area contributed by atoms with Crippen molar-refractivity contribution >= 4 is 17.6 Å². The zero-order valence-electron chi connectivity index (χ0n) is 11.3. The Balaban J connectivity index is 2.66. The van der Waals surface area contributed by atoms with E-state index >= 15 is 0 Å². The van der Waals surface area contributed by atoms with Gasteiger partial charge in [0.25, 0.3) is 0 Å². The molecule has 104 valence electrons. The van der Waals surface area contributed by atoms with Crippen LogP contribution in [0.15, 0.2) is 24.3 Å². The Bertz CT molecular complexity index is 444. The van der Waals surface area contributed by atoms with Crippen LogP contribution in [-0.2, 0) is 0 Å². The fraction of sp³-hybridized carbons (Fsp3) is 0.385. The first-order chi connectivity index (χ1) is 9.06. The number of ether oxygens (including phenoxy) is 1. The van der Waals surface area contributed by atoms with Crippen LogP contribution in [0.3, 0.4) is 0 Å². The third-order valence-corrected chi connectivity index (χ3v) is 2.53. The van der Waals surface area contributed by atoms with Crippen molar-refractivity contribution in [1.82, 2.24) is 4.90 Å². The second kappa shape index (κ2) is 7.25. The first-order valence-corrected chi connectivity index (χ1v) is 6.18. The summed E-state index contributed by atoms with van der Waals surface area (Å²) in [5.41, 5.74) is 5.87. The molecular formula is C13H20N4O2. The zero-order valence-corrected chi connectivity index (χ0v) is 11.3. The molecule has 6 heteroatoms. The van der Waals surface area contributed by atoms with Gasteiger partial charge in [0.15, 0.2) is 0 Å². The van der Waals surface area contributed by atoms with Gasteiger partial charge >= 0.3 is 6.03 Å². The van der Waals surface area contributed by atoms with E-state index in [1.807, 2.05) is 13.8 Å². The molecular weight excluding hydrogens is 244 g/mol. The van der Waals surface area contributed by atoms with Crippen molar-refractivity contribution in [2.24, 2.45) is 5.73 Å². The minimum absolute atomic E-state index is 0.0352. The number of hydrogen-bond donors (Lipinski definition) is 3. The van der Waals surface area contributed by atoms with Gasteiger partial charge in [-0.15, -0.1) is 0 Å². The van der Waals surface area contributed by atoms with Crippen LogP contribution >= 0.6 is 0 Å². The summed E-state index contributed by atoms with van der Waals surface area (Å²) in [6, 6.07) is 6.85. The number of rotatable bonds is 6. The van der Waals surface area contributed by atoms with Crippen molar-refractivity contribution in [3.05, 3.63) is 24.3 Å². The predicted octanol–water partition coefficient (Wildman–Crippen LogP) is 1.88. The van der Waals surface area contributed by atoms with E-state index in [0.717, 1.165) is 0 Å². The highest BCUT2D eigenvalue weighted by atomic mass is 16.5. The maximum Gasteiger partial charge on any atom is 0.321 e. The van der Waals surface area contributed by atoms with Gasteiger partial charge in [-0.1, -0.05) is 6.07 Å². The van der Waals surface area contributed by atoms with E-state index in [9.17, 15) is 4.79 Å². The van der Waals surface area contributed by atoms with Crippen LogP contribution in [0.4, 0.5) is 10.5 Å². The zero-order chi connectivity index (χ0) is 14.3. The predicted molar refractivity (Wildman–Crippen MR) is 75.8 cm³/mol. The Morgan fingerprint density at radius 2 is 2.11 bits per heavy atom. The highest BCUT2D eigenvalue weighted by molar-refractivity contribution is 5.89. The minimum Gasteiger partial charge on any atom is -0.486 e. The summed E-state index contributed by atoms with van der Waals surface area (Å²) >= 11 is 0. The van der Waals surface area contributed by atoms with Gasteiger partial charge in [0.2, 0.25) is 0 Å². The van der Waals surface area contributed by atoms with Gasteiger partial charge < -0.3 is 20.7 Å². The molecule has 19 heavy (non-hydrogen) atoms. The number of anilines is 1. The molecule has 4 N–H and O–H groups in total. The molecule has 1 rings (SSSR count). The lowest BCUT2D eigenvalue weighted by Crippen LogP contribution is -2.34. The molecule has 0 aliphatic carbocycles. The van der Waals surface area contributed by atoms with E-state index in [4.69, 9.17) is 15.9 Å². The second-order valence-corrected chi connectivity index (χ2v) is 3.94. The van der Waals surface area contributed by atoms with E-state index < -0.39 is 0 Å². The van der Waals surface area contributed by atoms with Gasteiger partial charge in [-0.05, 0) is 26.0 Å². The fourth-order valence-electron chi connectivity index (χ4n) is 1.54. The van der Waals surface area contributed by atoms with Crippen LogP contribution < -0.4 is 15.8 Å². The topological polar surface area (TPSA) is 91.4 Å². The SMILES string of the molecule is CCN(CC)C(=O)Nc1cccc(OCC(=N)N)c1. The van der Waals surface area contributed by atoms with Crippen molar-refractivity contribution in [2.75, 3.05) is 25.0 Å². The average molecular weight is 264 g/mol. The molecule has 0 aliphatic rings. The van der Waals surface area contributed by atoms with Gasteiger partial charge in [-0.25, -0.2) is 4.79 Å².